The van der Waals surface area contributed by atoms with Gasteiger partial charge in [0.2, 0.25) is 5.82 Å². The summed E-state index contributed by atoms with van der Waals surface area (Å²) in [7, 11) is -2.14. The van der Waals surface area contributed by atoms with Crippen LogP contribution in [0.5, 0.6) is 5.75 Å². The number of hydrogen-bond donors (Lipinski definition) is 1. The molecule has 0 spiro atoms. The van der Waals surface area contributed by atoms with E-state index in [1.54, 1.807) is 31.6 Å². The predicted molar refractivity (Wildman–Crippen MR) is 140 cm³/mol. The zero-order valence-corrected chi connectivity index (χ0v) is 21.5. The summed E-state index contributed by atoms with van der Waals surface area (Å²) in [6.07, 6.45) is 3.48. The number of nitrogens with zero attached hydrogens (tertiary/aromatic N) is 4. The van der Waals surface area contributed by atoms with Gasteiger partial charge in [0.05, 0.1) is 18.3 Å². The first kappa shape index (κ1) is 24.5. The Morgan fingerprint density at radius 2 is 1.81 bits per heavy atom. The molecule has 0 saturated heterocycles. The molecule has 5 rings (SSSR count). The van der Waals surface area contributed by atoms with Crippen LogP contribution in [0.25, 0.3) is 23.0 Å². The lowest BCUT2D eigenvalue weighted by Crippen LogP contribution is -2.13. The molecule has 2 aromatic heterocycles. The molecule has 0 aliphatic rings. The van der Waals surface area contributed by atoms with Crippen LogP contribution in [-0.4, -0.2) is 35.2 Å². The second-order valence-corrected chi connectivity index (χ2v) is 10.4. The molecule has 11 heteroatoms. The summed E-state index contributed by atoms with van der Waals surface area (Å²) in [6.45, 7) is 2.34. The molecule has 0 radical (unpaired) electrons. The Hall–Kier alpha value is -4.15. The molecule has 0 bridgehead atoms. The Labute approximate surface area is 218 Å². The molecule has 0 saturated carbocycles. The van der Waals surface area contributed by atoms with Crippen LogP contribution < -0.4 is 9.46 Å². The fourth-order valence-corrected chi connectivity index (χ4v) is 4.92. The van der Waals surface area contributed by atoms with Crippen LogP contribution in [0.4, 0.5) is 5.69 Å². The van der Waals surface area contributed by atoms with Crippen molar-refractivity contribution in [2.45, 2.75) is 18.4 Å². The molecule has 0 amide bonds. The molecular weight excluding hydrogens is 514 g/mol. The second kappa shape index (κ2) is 10.1. The number of ether oxygens (including phenoxy) is 1. The van der Waals surface area contributed by atoms with E-state index in [2.05, 4.69) is 19.8 Å². The fourth-order valence-electron chi connectivity index (χ4n) is 3.59. The largest absolute Gasteiger partial charge is 0.497 e. The van der Waals surface area contributed by atoms with Gasteiger partial charge in [0.1, 0.15) is 11.4 Å². The standard InChI is InChI=1S/C26H22ClN5O4S/c1-17-3-12-22(13-23(17)27)37(33,34)31-20-8-4-18(5-9-20)14-32-15-24(28-16-32)26-29-25(30-36-26)19-6-10-21(35-2)11-7-19/h3-13,15-16,31H,14H2,1-2H3. The number of methoxy groups -OCH3 is 1. The first-order valence-corrected chi connectivity index (χ1v) is 13.0. The Kier molecular flexibility index (Phi) is 6.68. The van der Waals surface area contributed by atoms with Gasteiger partial charge < -0.3 is 13.8 Å². The number of sulfonamides is 1. The van der Waals surface area contributed by atoms with E-state index in [0.717, 1.165) is 22.4 Å². The van der Waals surface area contributed by atoms with Gasteiger partial charge >= 0.3 is 0 Å². The summed E-state index contributed by atoms with van der Waals surface area (Å²) >= 11 is 6.08. The van der Waals surface area contributed by atoms with Crippen molar-refractivity contribution < 1.29 is 17.7 Å². The Balaban J connectivity index is 1.25. The number of aromatic nitrogens is 4. The van der Waals surface area contributed by atoms with E-state index in [1.165, 1.54) is 12.1 Å². The third-order valence-electron chi connectivity index (χ3n) is 5.65. The number of anilines is 1. The van der Waals surface area contributed by atoms with Crippen molar-refractivity contribution in [1.29, 1.82) is 0 Å². The average molecular weight is 536 g/mol. The van der Waals surface area contributed by atoms with Gasteiger partial charge in [-0.05, 0) is 66.6 Å². The maximum absolute atomic E-state index is 12.7. The van der Waals surface area contributed by atoms with E-state index in [4.69, 9.17) is 20.9 Å². The first-order valence-electron chi connectivity index (χ1n) is 11.2. The number of rotatable bonds is 8. The van der Waals surface area contributed by atoms with E-state index in [-0.39, 0.29) is 4.90 Å². The van der Waals surface area contributed by atoms with Crippen molar-refractivity contribution in [1.82, 2.24) is 19.7 Å². The normalized spacial score (nSPS) is 11.4. The second-order valence-electron chi connectivity index (χ2n) is 8.30. The van der Waals surface area contributed by atoms with Crippen molar-refractivity contribution in [3.63, 3.8) is 0 Å². The Morgan fingerprint density at radius 3 is 2.51 bits per heavy atom. The molecule has 2 heterocycles. The number of aryl methyl sites for hydroxylation is 1. The molecule has 5 aromatic rings. The number of hydrogen-bond acceptors (Lipinski definition) is 7. The summed E-state index contributed by atoms with van der Waals surface area (Å²) < 4.78 is 40.4. The van der Waals surface area contributed by atoms with Crippen molar-refractivity contribution in [3.05, 3.63) is 95.4 Å². The Morgan fingerprint density at radius 1 is 1.05 bits per heavy atom. The minimum absolute atomic E-state index is 0.106. The summed E-state index contributed by atoms with van der Waals surface area (Å²) in [5, 5.41) is 4.44. The molecule has 37 heavy (non-hydrogen) atoms. The zero-order valence-electron chi connectivity index (χ0n) is 19.9. The highest BCUT2D eigenvalue weighted by molar-refractivity contribution is 7.92. The highest BCUT2D eigenvalue weighted by Crippen LogP contribution is 2.24. The Bertz CT molecular complexity index is 1650. The van der Waals surface area contributed by atoms with Crippen LogP contribution in [0.1, 0.15) is 11.1 Å². The van der Waals surface area contributed by atoms with E-state index >= 15 is 0 Å². The van der Waals surface area contributed by atoms with Crippen molar-refractivity contribution >= 4 is 27.3 Å². The van der Waals surface area contributed by atoms with Gasteiger partial charge in [-0.25, -0.2) is 13.4 Å². The highest BCUT2D eigenvalue weighted by atomic mass is 35.5. The predicted octanol–water partition coefficient (Wildman–Crippen LogP) is 5.42. The van der Waals surface area contributed by atoms with Crippen molar-refractivity contribution in [3.8, 4) is 28.7 Å². The van der Waals surface area contributed by atoms with Crippen molar-refractivity contribution in [2.75, 3.05) is 11.8 Å². The van der Waals surface area contributed by atoms with Gasteiger partial charge in [-0.2, -0.15) is 4.98 Å². The fraction of sp³-hybridized carbons (Fsp3) is 0.115. The molecule has 9 nitrogen and oxygen atoms in total. The third-order valence-corrected chi connectivity index (χ3v) is 7.44. The lowest BCUT2D eigenvalue weighted by atomic mass is 10.2. The van der Waals surface area contributed by atoms with Gasteiger partial charge in [0, 0.05) is 29.0 Å². The summed E-state index contributed by atoms with van der Waals surface area (Å²) in [5.74, 6) is 1.51. The van der Waals surface area contributed by atoms with Gasteiger partial charge in [-0.1, -0.05) is 35.0 Å². The smallest absolute Gasteiger partial charge is 0.278 e. The average Bonchev–Trinajstić information content (AvgIpc) is 3.57. The maximum atomic E-state index is 12.7. The molecule has 188 valence electrons. The SMILES string of the molecule is COc1ccc(-c2noc(-c3cn(Cc4ccc(NS(=O)(=O)c5ccc(C)c(Cl)c5)cc4)cn3)n2)cc1. The van der Waals surface area contributed by atoms with E-state index in [9.17, 15) is 8.42 Å². The highest BCUT2D eigenvalue weighted by Gasteiger charge is 2.16. The first-order chi connectivity index (χ1) is 17.8. The lowest BCUT2D eigenvalue weighted by molar-refractivity contribution is 0.414. The zero-order chi connectivity index (χ0) is 26.0. The maximum Gasteiger partial charge on any atom is 0.278 e. The number of benzene rings is 3. The quantitative estimate of drug-likeness (QED) is 0.282. The lowest BCUT2D eigenvalue weighted by Gasteiger charge is -2.10. The molecular formula is C26H22ClN5O4S. The third kappa shape index (κ3) is 5.50. The molecule has 0 aliphatic carbocycles. The van der Waals surface area contributed by atoms with Crippen LogP contribution in [-0.2, 0) is 16.6 Å². The molecule has 0 atom stereocenters. The molecule has 0 aliphatic heterocycles. The van der Waals surface area contributed by atoms with Crippen LogP contribution in [0.2, 0.25) is 5.02 Å². The summed E-state index contributed by atoms with van der Waals surface area (Å²) in [5.41, 5.74) is 3.56. The van der Waals surface area contributed by atoms with E-state index in [0.29, 0.717) is 34.7 Å². The molecule has 3 aromatic carbocycles. The minimum atomic E-state index is -3.75. The number of imidazole rings is 1. The molecule has 0 fully saturated rings. The summed E-state index contributed by atoms with van der Waals surface area (Å²) in [4.78, 5) is 8.92. The summed E-state index contributed by atoms with van der Waals surface area (Å²) in [6, 6.07) is 19.1. The van der Waals surface area contributed by atoms with Crippen LogP contribution >= 0.6 is 11.6 Å². The van der Waals surface area contributed by atoms with Gasteiger partial charge in [0.15, 0.2) is 0 Å². The van der Waals surface area contributed by atoms with E-state index in [1.807, 2.05) is 54.1 Å². The van der Waals surface area contributed by atoms with Gasteiger partial charge in [-0.3, -0.25) is 4.72 Å². The minimum Gasteiger partial charge on any atom is -0.497 e. The monoisotopic (exact) mass is 535 g/mol. The number of nitrogens with one attached hydrogen (secondary N) is 1. The molecule has 1 N–H and O–H groups in total. The molecule has 0 unspecified atom stereocenters. The van der Waals surface area contributed by atoms with Gasteiger partial charge in [0.25, 0.3) is 15.9 Å². The number of halogens is 1. The van der Waals surface area contributed by atoms with Gasteiger partial charge in [-0.15, -0.1) is 0 Å². The van der Waals surface area contributed by atoms with Crippen LogP contribution in [0.3, 0.4) is 0 Å². The van der Waals surface area contributed by atoms with Crippen LogP contribution in [0, 0.1) is 6.92 Å². The topological polar surface area (TPSA) is 112 Å². The van der Waals surface area contributed by atoms with Crippen molar-refractivity contribution in [2.24, 2.45) is 0 Å². The van der Waals surface area contributed by atoms with E-state index < -0.39 is 10.0 Å². The van der Waals surface area contributed by atoms with Crippen LogP contribution in [0.15, 0.2) is 88.7 Å².